The van der Waals surface area contributed by atoms with Gasteiger partial charge in [0, 0.05) is 20.8 Å². The molecule has 1 fully saturated rings. The Hall–Kier alpha value is -2.17. The lowest BCUT2D eigenvalue weighted by Crippen LogP contribution is -2.31. The second-order valence-corrected chi connectivity index (χ2v) is 8.32. The summed E-state index contributed by atoms with van der Waals surface area (Å²) in [7, 11) is 0. The molecule has 0 aliphatic carbocycles. The van der Waals surface area contributed by atoms with E-state index >= 15 is 0 Å². The number of primary amides is 1. The molecule has 142 valence electrons. The first-order valence-electron chi connectivity index (χ1n) is 7.96. The van der Waals surface area contributed by atoms with Crippen molar-refractivity contribution in [2.75, 3.05) is 4.90 Å². The first-order chi connectivity index (χ1) is 13.3. The minimum Gasteiger partial charge on any atom is -0.365 e. The number of nitriles is 1. The lowest BCUT2D eigenvalue weighted by atomic mass is 10.1. The van der Waals surface area contributed by atoms with Gasteiger partial charge in [0.25, 0.3) is 5.91 Å². The van der Waals surface area contributed by atoms with Crippen molar-refractivity contribution in [2.24, 2.45) is 5.73 Å². The number of anilines is 1. The normalized spacial score (nSPS) is 18.1. The quantitative estimate of drug-likeness (QED) is 0.544. The summed E-state index contributed by atoms with van der Waals surface area (Å²) in [5.74, 6) is -1.19. The zero-order chi connectivity index (χ0) is 20.4. The fraction of sp³-hybridized carbons (Fsp3) is 0.105. The lowest BCUT2D eigenvalue weighted by Gasteiger charge is -2.18. The van der Waals surface area contributed by atoms with Crippen molar-refractivity contribution in [3.63, 3.8) is 0 Å². The number of carbonyl (C=O) groups is 2. The summed E-state index contributed by atoms with van der Waals surface area (Å²) >= 11 is 19.2. The zero-order valence-electron chi connectivity index (χ0n) is 14.2. The summed E-state index contributed by atoms with van der Waals surface area (Å²) in [6.07, 6.45) is 0.296. The van der Waals surface area contributed by atoms with Gasteiger partial charge in [-0.1, -0.05) is 52.6 Å². The molecule has 2 N–H and O–H groups in total. The molecule has 1 heterocycles. The molecule has 5 nitrogen and oxygen atoms in total. The number of carbonyl (C=O) groups excluding carboxylic acids is 2. The van der Waals surface area contributed by atoms with Gasteiger partial charge in [0.15, 0.2) is 0 Å². The molecule has 1 aliphatic heterocycles. The van der Waals surface area contributed by atoms with Gasteiger partial charge in [-0.3, -0.25) is 14.5 Å². The summed E-state index contributed by atoms with van der Waals surface area (Å²) in [6, 6.07) is 13.3. The molecule has 0 spiro atoms. The molecule has 2 aromatic rings. The predicted octanol–water partition coefficient (Wildman–Crippen LogP) is 4.56. The van der Waals surface area contributed by atoms with Crippen LogP contribution in [0.3, 0.4) is 0 Å². The fourth-order valence-electron chi connectivity index (χ4n) is 2.71. The topological polar surface area (TPSA) is 87.2 Å². The summed E-state index contributed by atoms with van der Waals surface area (Å²) in [6.45, 7) is 0. The summed E-state index contributed by atoms with van der Waals surface area (Å²) in [5, 5.41) is 10.4. The number of amides is 2. The van der Waals surface area contributed by atoms with Crippen LogP contribution in [0.4, 0.5) is 5.69 Å². The maximum atomic E-state index is 13.1. The first kappa shape index (κ1) is 20.6. The number of nitrogens with two attached hydrogens (primary N) is 1. The molecule has 9 heteroatoms. The van der Waals surface area contributed by atoms with Crippen LogP contribution in [0.2, 0.25) is 15.1 Å². The Kier molecular flexibility index (Phi) is 6.21. The predicted molar refractivity (Wildman–Crippen MR) is 112 cm³/mol. The molecule has 1 atom stereocenters. The molecule has 0 aromatic heterocycles. The van der Waals surface area contributed by atoms with E-state index in [-0.39, 0.29) is 16.5 Å². The number of thioether (sulfide) groups is 1. The Morgan fingerprint density at radius 2 is 1.79 bits per heavy atom. The Balaban J connectivity index is 2.04. The van der Waals surface area contributed by atoms with E-state index < -0.39 is 11.2 Å². The Morgan fingerprint density at radius 3 is 2.36 bits per heavy atom. The van der Waals surface area contributed by atoms with E-state index in [1.165, 1.54) is 4.90 Å². The highest BCUT2D eigenvalue weighted by molar-refractivity contribution is 8.05. The van der Waals surface area contributed by atoms with Crippen LogP contribution in [0, 0.1) is 11.3 Å². The van der Waals surface area contributed by atoms with E-state index in [0.29, 0.717) is 27.2 Å². The Labute approximate surface area is 180 Å². The largest absolute Gasteiger partial charge is 0.365 e. The monoisotopic (exact) mass is 451 g/mol. The number of nitrogens with zero attached hydrogens (tertiary/aromatic N) is 2. The van der Waals surface area contributed by atoms with Crippen molar-refractivity contribution in [3.8, 4) is 6.07 Å². The average molecular weight is 453 g/mol. The second-order valence-electron chi connectivity index (χ2n) is 5.85. The Bertz CT molecular complexity index is 1030. The third-order valence-electron chi connectivity index (χ3n) is 4.03. The molecule has 2 aromatic carbocycles. The third-order valence-corrected chi connectivity index (χ3v) is 6.13. The number of rotatable bonds is 4. The van der Waals surface area contributed by atoms with Gasteiger partial charge in [-0.05, 0) is 48.4 Å². The van der Waals surface area contributed by atoms with Gasteiger partial charge in [-0.25, -0.2) is 0 Å². The van der Waals surface area contributed by atoms with E-state index in [9.17, 15) is 14.9 Å². The molecule has 1 aliphatic rings. The maximum Gasteiger partial charge on any atom is 0.262 e. The molecular formula is C19H12Cl3N3O2S. The minimum absolute atomic E-state index is 0.192. The van der Waals surface area contributed by atoms with Crippen LogP contribution in [-0.2, 0) is 16.0 Å². The highest BCUT2D eigenvalue weighted by Gasteiger charge is 2.40. The molecule has 3 rings (SSSR count). The van der Waals surface area contributed by atoms with Crippen molar-refractivity contribution in [2.45, 2.75) is 11.7 Å². The van der Waals surface area contributed by atoms with Crippen LogP contribution in [0.1, 0.15) is 5.56 Å². The summed E-state index contributed by atoms with van der Waals surface area (Å²) in [4.78, 5) is 26.2. The van der Waals surface area contributed by atoms with Crippen molar-refractivity contribution in [3.05, 3.63) is 73.7 Å². The van der Waals surface area contributed by atoms with Gasteiger partial charge in [0.1, 0.15) is 16.7 Å². The second kappa shape index (κ2) is 8.46. The summed E-state index contributed by atoms with van der Waals surface area (Å²) in [5.41, 5.74) is 6.28. The van der Waals surface area contributed by atoms with E-state index in [1.54, 1.807) is 48.5 Å². The molecular weight excluding hydrogens is 441 g/mol. The first-order valence-corrected chi connectivity index (χ1v) is 9.97. The van der Waals surface area contributed by atoms with Gasteiger partial charge in [0.2, 0.25) is 5.91 Å². The van der Waals surface area contributed by atoms with Crippen molar-refractivity contribution in [1.82, 2.24) is 0 Å². The SMILES string of the molecule is N#C/C(C(N)=O)=C1/S[C@H](Cc2ccc(Cl)cc2Cl)C(=O)N1c1ccc(Cl)cc1. The maximum absolute atomic E-state index is 13.1. The van der Waals surface area contributed by atoms with Crippen LogP contribution in [0.15, 0.2) is 53.1 Å². The highest BCUT2D eigenvalue weighted by Crippen LogP contribution is 2.42. The van der Waals surface area contributed by atoms with E-state index in [1.807, 2.05) is 0 Å². The molecule has 0 unspecified atom stereocenters. The van der Waals surface area contributed by atoms with Gasteiger partial charge in [-0.15, -0.1) is 0 Å². The van der Waals surface area contributed by atoms with Gasteiger partial charge in [0.05, 0.1) is 5.25 Å². The zero-order valence-corrected chi connectivity index (χ0v) is 17.2. The summed E-state index contributed by atoms with van der Waals surface area (Å²) < 4.78 is 0. The third kappa shape index (κ3) is 4.13. The molecule has 0 saturated carbocycles. The van der Waals surface area contributed by atoms with E-state index in [4.69, 9.17) is 40.5 Å². The molecule has 28 heavy (non-hydrogen) atoms. The van der Waals surface area contributed by atoms with Crippen LogP contribution in [0.5, 0.6) is 0 Å². The Morgan fingerprint density at radius 1 is 1.14 bits per heavy atom. The number of halogens is 3. The van der Waals surface area contributed by atoms with Crippen LogP contribution >= 0.6 is 46.6 Å². The molecule has 2 amide bonds. The number of hydrogen-bond acceptors (Lipinski definition) is 4. The highest BCUT2D eigenvalue weighted by atomic mass is 35.5. The minimum atomic E-state index is -0.901. The van der Waals surface area contributed by atoms with Crippen molar-refractivity contribution < 1.29 is 9.59 Å². The van der Waals surface area contributed by atoms with Crippen LogP contribution < -0.4 is 10.6 Å². The number of benzene rings is 2. The van der Waals surface area contributed by atoms with Crippen LogP contribution in [0.25, 0.3) is 0 Å². The average Bonchev–Trinajstić information content (AvgIpc) is 2.95. The van der Waals surface area contributed by atoms with Gasteiger partial charge < -0.3 is 5.73 Å². The lowest BCUT2D eigenvalue weighted by molar-refractivity contribution is -0.117. The molecule has 1 saturated heterocycles. The van der Waals surface area contributed by atoms with Crippen molar-refractivity contribution >= 4 is 64.1 Å². The van der Waals surface area contributed by atoms with Gasteiger partial charge in [-0.2, -0.15) is 5.26 Å². The van der Waals surface area contributed by atoms with Gasteiger partial charge >= 0.3 is 0 Å². The smallest absolute Gasteiger partial charge is 0.262 e. The standard InChI is InChI=1S/C19H12Cl3N3O2S/c20-11-3-5-13(6-4-11)25-18(27)16(28-19(25)14(9-23)17(24)26)7-10-1-2-12(21)8-15(10)22/h1-6,8,16H,7H2,(H2,24,26)/b19-14-/t16-/m1/s1. The van der Waals surface area contributed by atoms with E-state index in [2.05, 4.69) is 0 Å². The van der Waals surface area contributed by atoms with E-state index in [0.717, 1.165) is 17.3 Å². The number of hydrogen-bond donors (Lipinski definition) is 1. The molecule has 0 bridgehead atoms. The van der Waals surface area contributed by atoms with Crippen molar-refractivity contribution in [1.29, 1.82) is 5.26 Å². The fourth-order valence-corrected chi connectivity index (χ4v) is 4.63. The molecule has 0 radical (unpaired) electrons. The van der Waals surface area contributed by atoms with Crippen LogP contribution in [-0.4, -0.2) is 17.1 Å².